The summed E-state index contributed by atoms with van der Waals surface area (Å²) in [6, 6.07) is 18.7. The Balaban J connectivity index is 1.97. The maximum absolute atomic E-state index is 13.3. The van der Waals surface area contributed by atoms with Crippen LogP contribution in [0.1, 0.15) is 17.0 Å². The maximum Gasteiger partial charge on any atom is 0.266 e. The minimum atomic E-state index is -0.299. The van der Waals surface area contributed by atoms with Gasteiger partial charge < -0.3 is 0 Å². The van der Waals surface area contributed by atoms with Crippen LogP contribution < -0.4 is 5.56 Å². The van der Waals surface area contributed by atoms with Gasteiger partial charge in [-0.2, -0.15) is 0 Å². The first-order valence-corrected chi connectivity index (χ1v) is 9.13. The van der Waals surface area contributed by atoms with E-state index < -0.39 is 0 Å². The average Bonchev–Trinajstić information content (AvgIpc) is 2.70. The van der Waals surface area contributed by atoms with Gasteiger partial charge in [-0.15, -0.1) is 0 Å². The van der Waals surface area contributed by atoms with Gasteiger partial charge in [0.05, 0.1) is 16.6 Å². The SMILES string of the molecule is Cc1ccc(Cl)cc1-n1c(/C=C\c2ccc(F)cc2)nc2ccccc2c1=O. The van der Waals surface area contributed by atoms with Gasteiger partial charge in [0.15, 0.2) is 0 Å². The molecular formula is C23H16ClFN2O. The van der Waals surface area contributed by atoms with Crippen LogP contribution in [0.3, 0.4) is 0 Å². The third-order valence-corrected chi connectivity index (χ3v) is 4.74. The van der Waals surface area contributed by atoms with Gasteiger partial charge in [-0.3, -0.25) is 9.36 Å². The lowest BCUT2D eigenvalue weighted by molar-refractivity contribution is 0.628. The number of aryl methyl sites for hydroxylation is 1. The van der Waals surface area contributed by atoms with Crippen molar-refractivity contribution in [1.82, 2.24) is 9.55 Å². The summed E-state index contributed by atoms with van der Waals surface area (Å²) in [5, 5.41) is 1.06. The van der Waals surface area contributed by atoms with E-state index in [1.54, 1.807) is 53.1 Å². The normalized spacial score (nSPS) is 11.4. The molecule has 1 aromatic heterocycles. The standard InChI is InChI=1S/C23H16ClFN2O/c1-15-6-10-17(24)14-21(15)27-22(13-9-16-7-11-18(25)12-8-16)26-20-5-3-2-4-19(20)23(27)28/h2-14H,1H3/b13-9-. The highest BCUT2D eigenvalue weighted by Crippen LogP contribution is 2.21. The third kappa shape index (κ3) is 3.47. The fraction of sp³-hybridized carbons (Fsp3) is 0.0435. The highest BCUT2D eigenvalue weighted by atomic mass is 35.5. The molecule has 0 spiro atoms. The molecule has 28 heavy (non-hydrogen) atoms. The number of benzene rings is 3. The zero-order valence-electron chi connectivity index (χ0n) is 15.1. The molecule has 1 heterocycles. The van der Waals surface area contributed by atoms with Crippen molar-refractivity contribution in [3.05, 3.63) is 105 Å². The summed E-state index contributed by atoms with van der Waals surface area (Å²) >= 11 is 6.19. The van der Waals surface area contributed by atoms with Crippen LogP contribution in [0.5, 0.6) is 0 Å². The largest absolute Gasteiger partial charge is 0.268 e. The van der Waals surface area contributed by atoms with Crippen LogP contribution in [0.25, 0.3) is 28.7 Å². The Morgan fingerprint density at radius 2 is 1.75 bits per heavy atom. The summed E-state index contributed by atoms with van der Waals surface area (Å²) in [4.78, 5) is 17.9. The van der Waals surface area contributed by atoms with Gasteiger partial charge in [-0.1, -0.05) is 48.0 Å². The molecule has 0 atom stereocenters. The highest BCUT2D eigenvalue weighted by molar-refractivity contribution is 6.30. The molecule has 0 aliphatic rings. The molecule has 0 fully saturated rings. The topological polar surface area (TPSA) is 34.9 Å². The Labute approximate surface area is 166 Å². The second-order valence-corrected chi connectivity index (χ2v) is 6.88. The molecule has 138 valence electrons. The van der Waals surface area contributed by atoms with E-state index >= 15 is 0 Å². The molecular weight excluding hydrogens is 375 g/mol. The molecule has 0 aliphatic heterocycles. The fourth-order valence-electron chi connectivity index (χ4n) is 3.06. The summed E-state index contributed by atoms with van der Waals surface area (Å²) in [6.45, 7) is 1.92. The van der Waals surface area contributed by atoms with Crippen molar-refractivity contribution in [2.24, 2.45) is 0 Å². The Morgan fingerprint density at radius 1 is 1.00 bits per heavy atom. The molecule has 0 saturated heterocycles. The van der Waals surface area contributed by atoms with Crippen LogP contribution in [0.15, 0.2) is 71.5 Å². The van der Waals surface area contributed by atoms with Crippen LogP contribution in [0, 0.1) is 12.7 Å². The van der Waals surface area contributed by atoms with Crippen molar-refractivity contribution in [2.75, 3.05) is 0 Å². The smallest absolute Gasteiger partial charge is 0.266 e. The monoisotopic (exact) mass is 390 g/mol. The average molecular weight is 391 g/mol. The number of fused-ring (bicyclic) bond motifs is 1. The fourth-order valence-corrected chi connectivity index (χ4v) is 3.23. The minimum Gasteiger partial charge on any atom is -0.268 e. The highest BCUT2D eigenvalue weighted by Gasteiger charge is 2.13. The van der Waals surface area contributed by atoms with Crippen molar-refractivity contribution < 1.29 is 4.39 Å². The Hall–Kier alpha value is -3.24. The van der Waals surface area contributed by atoms with Gasteiger partial charge in [0.2, 0.25) is 0 Å². The minimum absolute atomic E-state index is 0.172. The van der Waals surface area contributed by atoms with E-state index in [9.17, 15) is 9.18 Å². The maximum atomic E-state index is 13.3. The second-order valence-electron chi connectivity index (χ2n) is 6.44. The zero-order chi connectivity index (χ0) is 19.7. The number of hydrogen-bond donors (Lipinski definition) is 0. The molecule has 3 aromatic carbocycles. The van der Waals surface area contributed by atoms with Crippen LogP contribution >= 0.6 is 11.6 Å². The first-order valence-electron chi connectivity index (χ1n) is 8.75. The Bertz CT molecular complexity index is 1260. The molecule has 3 nitrogen and oxygen atoms in total. The van der Waals surface area contributed by atoms with Crippen LogP contribution in [-0.4, -0.2) is 9.55 Å². The number of nitrogens with zero attached hydrogens (tertiary/aromatic N) is 2. The van der Waals surface area contributed by atoms with Crippen LogP contribution in [-0.2, 0) is 0 Å². The molecule has 4 aromatic rings. The molecule has 0 N–H and O–H groups in total. The molecule has 0 radical (unpaired) electrons. The summed E-state index contributed by atoms with van der Waals surface area (Å²) < 4.78 is 14.7. The van der Waals surface area contributed by atoms with E-state index in [-0.39, 0.29) is 11.4 Å². The number of hydrogen-bond acceptors (Lipinski definition) is 2. The van der Waals surface area contributed by atoms with Gasteiger partial charge in [0.25, 0.3) is 5.56 Å². The van der Waals surface area contributed by atoms with Crippen LogP contribution in [0.4, 0.5) is 4.39 Å². The number of aromatic nitrogens is 2. The van der Waals surface area contributed by atoms with E-state index in [1.165, 1.54) is 12.1 Å². The van der Waals surface area contributed by atoms with Crippen LogP contribution in [0.2, 0.25) is 5.02 Å². The summed E-state index contributed by atoms with van der Waals surface area (Å²) in [7, 11) is 0. The molecule has 4 rings (SSSR count). The van der Waals surface area contributed by atoms with E-state index in [1.807, 2.05) is 25.1 Å². The van der Waals surface area contributed by atoms with Gasteiger partial charge in [0, 0.05) is 5.02 Å². The molecule has 0 bridgehead atoms. The van der Waals surface area contributed by atoms with E-state index in [0.717, 1.165) is 11.1 Å². The predicted octanol–water partition coefficient (Wildman–Crippen LogP) is 5.66. The van der Waals surface area contributed by atoms with Crippen molar-refractivity contribution >= 4 is 34.7 Å². The number of halogens is 2. The zero-order valence-corrected chi connectivity index (χ0v) is 15.8. The molecule has 5 heteroatoms. The first kappa shape index (κ1) is 18.1. The summed E-state index contributed by atoms with van der Waals surface area (Å²) in [5.41, 5.74) is 2.82. The summed E-state index contributed by atoms with van der Waals surface area (Å²) in [5.74, 6) is 0.172. The molecule has 0 amide bonds. The Kier molecular flexibility index (Phi) is 4.80. The number of rotatable bonds is 3. The molecule has 0 aliphatic carbocycles. The van der Waals surface area contributed by atoms with E-state index in [2.05, 4.69) is 4.98 Å². The van der Waals surface area contributed by atoms with Gasteiger partial charge >= 0.3 is 0 Å². The van der Waals surface area contributed by atoms with E-state index in [4.69, 9.17) is 11.6 Å². The number of para-hydroxylation sites is 1. The Morgan fingerprint density at radius 3 is 2.54 bits per heavy atom. The van der Waals surface area contributed by atoms with Gasteiger partial charge in [0.1, 0.15) is 11.6 Å². The van der Waals surface area contributed by atoms with Crippen molar-refractivity contribution in [3.8, 4) is 5.69 Å². The lowest BCUT2D eigenvalue weighted by Crippen LogP contribution is -2.23. The summed E-state index contributed by atoms with van der Waals surface area (Å²) in [6.07, 6.45) is 3.55. The van der Waals surface area contributed by atoms with Crippen molar-refractivity contribution in [1.29, 1.82) is 0 Å². The third-order valence-electron chi connectivity index (χ3n) is 4.51. The van der Waals surface area contributed by atoms with Gasteiger partial charge in [-0.25, -0.2) is 9.37 Å². The van der Waals surface area contributed by atoms with Gasteiger partial charge in [-0.05, 0) is 60.5 Å². The second kappa shape index (κ2) is 7.41. The van der Waals surface area contributed by atoms with Crippen molar-refractivity contribution in [3.63, 3.8) is 0 Å². The lowest BCUT2D eigenvalue weighted by Gasteiger charge is -2.14. The van der Waals surface area contributed by atoms with E-state index in [0.29, 0.717) is 27.4 Å². The molecule has 0 unspecified atom stereocenters. The quantitative estimate of drug-likeness (QED) is 0.452. The molecule has 0 saturated carbocycles. The first-order chi connectivity index (χ1) is 13.5. The van der Waals surface area contributed by atoms with Crippen molar-refractivity contribution in [2.45, 2.75) is 6.92 Å². The lowest BCUT2D eigenvalue weighted by atomic mass is 10.1. The predicted molar refractivity (Wildman–Crippen MR) is 112 cm³/mol.